The first-order valence-corrected chi connectivity index (χ1v) is 9.27. The van der Waals surface area contributed by atoms with Crippen molar-refractivity contribution >= 4 is 34.6 Å². The van der Waals surface area contributed by atoms with Gasteiger partial charge in [-0.2, -0.15) is 5.10 Å². The fraction of sp³-hybridized carbons (Fsp3) is 0.235. The summed E-state index contributed by atoms with van der Waals surface area (Å²) in [4.78, 5) is 20.9. The lowest BCUT2D eigenvalue weighted by molar-refractivity contribution is -0.130. The largest absolute Gasteiger partial charge is 0.273 e. The minimum atomic E-state index is -0.0120. The molecule has 1 amide bonds. The van der Waals surface area contributed by atoms with Crippen molar-refractivity contribution in [1.82, 2.24) is 24.8 Å². The molecule has 0 saturated carbocycles. The summed E-state index contributed by atoms with van der Waals surface area (Å²) < 4.78 is 1.73. The van der Waals surface area contributed by atoms with Gasteiger partial charge in [0.15, 0.2) is 10.8 Å². The minimum Gasteiger partial charge on any atom is -0.273 e. The highest BCUT2D eigenvalue weighted by molar-refractivity contribution is 7.13. The Balaban J connectivity index is 1.85. The number of hydrogen-bond donors (Lipinski definition) is 0. The Hall–Kier alpha value is -2.58. The third kappa shape index (κ3) is 3.13. The standard InChI is InChI=1S/C17H15ClN6OS/c1-10-9-26-17(19-10)15-20-16(13-7-8-14(25)23(2)21-13)24(22-15)12-5-3-11(18)4-6-12/h3-6,9H,7-8H2,1-2H3. The van der Waals surface area contributed by atoms with Gasteiger partial charge in [-0.05, 0) is 31.2 Å². The van der Waals surface area contributed by atoms with Crippen LogP contribution in [0.15, 0.2) is 34.7 Å². The molecule has 2 aromatic heterocycles. The first kappa shape index (κ1) is 16.9. The smallest absolute Gasteiger partial charge is 0.242 e. The van der Waals surface area contributed by atoms with Crippen LogP contribution in [-0.4, -0.2) is 43.4 Å². The molecule has 1 aliphatic heterocycles. The van der Waals surface area contributed by atoms with Crippen molar-refractivity contribution < 1.29 is 4.79 Å². The summed E-state index contributed by atoms with van der Waals surface area (Å²) in [5, 5.41) is 13.7. The van der Waals surface area contributed by atoms with Gasteiger partial charge in [-0.1, -0.05) is 11.6 Å². The van der Waals surface area contributed by atoms with Gasteiger partial charge in [-0.15, -0.1) is 16.4 Å². The highest BCUT2D eigenvalue weighted by Crippen LogP contribution is 2.24. The molecule has 0 fully saturated rings. The molecule has 1 aliphatic rings. The van der Waals surface area contributed by atoms with Crippen LogP contribution in [0.5, 0.6) is 0 Å². The number of carbonyl (C=O) groups excluding carboxylic acids is 1. The van der Waals surface area contributed by atoms with Crippen LogP contribution in [0.25, 0.3) is 16.5 Å². The van der Waals surface area contributed by atoms with Crippen molar-refractivity contribution in [1.29, 1.82) is 0 Å². The molecule has 0 unspecified atom stereocenters. The lowest BCUT2D eigenvalue weighted by atomic mass is 10.1. The first-order valence-electron chi connectivity index (χ1n) is 8.01. The van der Waals surface area contributed by atoms with Gasteiger partial charge in [0.05, 0.1) is 5.69 Å². The van der Waals surface area contributed by atoms with Crippen LogP contribution in [0, 0.1) is 6.92 Å². The second-order valence-corrected chi connectivity index (χ2v) is 7.20. The molecule has 0 bridgehead atoms. The van der Waals surface area contributed by atoms with E-state index in [2.05, 4.69) is 20.2 Å². The molecule has 4 rings (SSSR count). The van der Waals surface area contributed by atoms with Gasteiger partial charge in [-0.25, -0.2) is 19.7 Å². The van der Waals surface area contributed by atoms with Gasteiger partial charge < -0.3 is 0 Å². The molecule has 0 radical (unpaired) electrons. The van der Waals surface area contributed by atoms with E-state index < -0.39 is 0 Å². The third-order valence-electron chi connectivity index (χ3n) is 3.95. The maximum atomic E-state index is 11.7. The Morgan fingerprint density at radius 1 is 1.15 bits per heavy atom. The SMILES string of the molecule is Cc1csc(-c2nc(C3=NN(C)C(=O)CC3)n(-c3ccc(Cl)cc3)n2)n1. The number of thiazole rings is 1. The molecule has 9 heteroatoms. The van der Waals surface area contributed by atoms with E-state index in [1.165, 1.54) is 16.3 Å². The van der Waals surface area contributed by atoms with Crippen LogP contribution in [0.3, 0.4) is 0 Å². The number of carbonyl (C=O) groups is 1. The molecule has 26 heavy (non-hydrogen) atoms. The lowest BCUT2D eigenvalue weighted by Gasteiger charge is -2.19. The monoisotopic (exact) mass is 386 g/mol. The van der Waals surface area contributed by atoms with E-state index >= 15 is 0 Å². The zero-order valence-electron chi connectivity index (χ0n) is 14.2. The van der Waals surface area contributed by atoms with Gasteiger partial charge in [0, 0.05) is 36.0 Å². The number of halogens is 1. The molecule has 0 atom stereocenters. The molecule has 0 saturated heterocycles. The second kappa shape index (κ2) is 6.62. The van der Waals surface area contributed by atoms with Crippen LogP contribution in [0.4, 0.5) is 0 Å². The van der Waals surface area contributed by atoms with E-state index in [1.807, 2.05) is 24.4 Å². The van der Waals surface area contributed by atoms with Crippen molar-refractivity contribution in [3.63, 3.8) is 0 Å². The van der Waals surface area contributed by atoms with Gasteiger partial charge in [-0.3, -0.25) is 4.79 Å². The summed E-state index contributed by atoms with van der Waals surface area (Å²) in [7, 11) is 1.65. The van der Waals surface area contributed by atoms with Crippen LogP contribution >= 0.6 is 22.9 Å². The molecule has 0 aliphatic carbocycles. The maximum absolute atomic E-state index is 11.7. The molecule has 1 aromatic carbocycles. The van der Waals surface area contributed by atoms with E-state index in [0.717, 1.165) is 16.4 Å². The van der Waals surface area contributed by atoms with Crippen molar-refractivity contribution in [2.45, 2.75) is 19.8 Å². The van der Waals surface area contributed by atoms with Crippen LogP contribution in [-0.2, 0) is 4.79 Å². The fourth-order valence-electron chi connectivity index (χ4n) is 2.64. The Kier molecular flexibility index (Phi) is 4.29. The Labute approximate surface area is 159 Å². The molecule has 132 valence electrons. The Morgan fingerprint density at radius 3 is 2.58 bits per heavy atom. The summed E-state index contributed by atoms with van der Waals surface area (Å²) in [6, 6.07) is 7.34. The van der Waals surface area contributed by atoms with E-state index in [9.17, 15) is 4.79 Å². The maximum Gasteiger partial charge on any atom is 0.242 e. The summed E-state index contributed by atoms with van der Waals surface area (Å²) in [6.07, 6.45) is 0.917. The highest BCUT2D eigenvalue weighted by atomic mass is 35.5. The highest BCUT2D eigenvalue weighted by Gasteiger charge is 2.24. The number of hydrazone groups is 1. The predicted octanol–water partition coefficient (Wildman–Crippen LogP) is 3.31. The number of amides is 1. The van der Waals surface area contributed by atoms with Crippen molar-refractivity contribution in [2.75, 3.05) is 7.05 Å². The van der Waals surface area contributed by atoms with Crippen molar-refractivity contribution in [3.8, 4) is 16.5 Å². The number of nitrogens with zero attached hydrogens (tertiary/aromatic N) is 6. The zero-order chi connectivity index (χ0) is 18.3. The third-order valence-corrected chi connectivity index (χ3v) is 5.16. The van der Waals surface area contributed by atoms with E-state index in [-0.39, 0.29) is 5.91 Å². The average Bonchev–Trinajstić information content (AvgIpc) is 3.24. The van der Waals surface area contributed by atoms with Crippen LogP contribution < -0.4 is 0 Å². The molecule has 3 aromatic rings. The second-order valence-electron chi connectivity index (χ2n) is 5.91. The minimum absolute atomic E-state index is 0.0120. The molecular weight excluding hydrogens is 372 g/mol. The van der Waals surface area contributed by atoms with E-state index in [1.54, 1.807) is 23.9 Å². The van der Waals surface area contributed by atoms with Crippen LogP contribution in [0.2, 0.25) is 5.02 Å². The van der Waals surface area contributed by atoms with Gasteiger partial charge >= 0.3 is 0 Å². The number of aromatic nitrogens is 4. The van der Waals surface area contributed by atoms with E-state index in [0.29, 0.717) is 35.2 Å². The van der Waals surface area contributed by atoms with Gasteiger partial charge in [0.2, 0.25) is 11.7 Å². The molecule has 0 N–H and O–H groups in total. The normalized spacial score (nSPS) is 14.7. The Bertz CT molecular complexity index is 1010. The van der Waals surface area contributed by atoms with Crippen molar-refractivity contribution in [3.05, 3.63) is 46.2 Å². The predicted molar refractivity (Wildman–Crippen MR) is 101 cm³/mol. The Morgan fingerprint density at radius 2 is 1.92 bits per heavy atom. The summed E-state index contributed by atoms with van der Waals surface area (Å²) in [6.45, 7) is 1.93. The fourth-order valence-corrected chi connectivity index (χ4v) is 3.49. The number of hydrogen-bond acceptors (Lipinski definition) is 6. The van der Waals surface area contributed by atoms with Gasteiger partial charge in [0.1, 0.15) is 5.71 Å². The summed E-state index contributed by atoms with van der Waals surface area (Å²) >= 11 is 7.50. The quantitative estimate of drug-likeness (QED) is 0.692. The number of aryl methyl sites for hydroxylation is 1. The average molecular weight is 387 g/mol. The molecule has 0 spiro atoms. The number of rotatable bonds is 3. The van der Waals surface area contributed by atoms with Crippen LogP contribution in [0.1, 0.15) is 24.4 Å². The van der Waals surface area contributed by atoms with Crippen molar-refractivity contribution in [2.24, 2.45) is 5.10 Å². The zero-order valence-corrected chi connectivity index (χ0v) is 15.8. The topological polar surface area (TPSA) is 76.3 Å². The van der Waals surface area contributed by atoms with Gasteiger partial charge in [0.25, 0.3) is 0 Å². The summed E-state index contributed by atoms with van der Waals surface area (Å²) in [5.74, 6) is 1.13. The molecule has 7 nitrogen and oxygen atoms in total. The molecule has 3 heterocycles. The summed E-state index contributed by atoms with van der Waals surface area (Å²) in [5.41, 5.74) is 2.46. The van der Waals surface area contributed by atoms with E-state index in [4.69, 9.17) is 11.6 Å². The number of benzene rings is 1. The molecular formula is C17H15ClN6OS. The first-order chi connectivity index (χ1) is 12.5. The lowest BCUT2D eigenvalue weighted by Crippen LogP contribution is -2.29.